The second-order valence-corrected chi connectivity index (χ2v) is 7.15. The SMILES string of the molecule is Fc1cncc(CNCCC2CCCC3(CCCC3)C2)c1. The molecule has 1 aromatic rings. The van der Waals surface area contributed by atoms with E-state index in [0.717, 1.165) is 30.0 Å². The first-order valence-electron chi connectivity index (χ1n) is 8.56. The molecule has 0 aromatic carbocycles. The van der Waals surface area contributed by atoms with Gasteiger partial charge in [0.1, 0.15) is 5.82 Å². The number of hydrogen-bond donors (Lipinski definition) is 1. The van der Waals surface area contributed by atoms with E-state index < -0.39 is 0 Å². The molecule has 0 bridgehead atoms. The molecule has 116 valence electrons. The van der Waals surface area contributed by atoms with E-state index in [2.05, 4.69) is 10.3 Å². The van der Waals surface area contributed by atoms with E-state index in [1.54, 1.807) is 12.3 Å². The largest absolute Gasteiger partial charge is 0.313 e. The molecule has 3 rings (SSSR count). The molecule has 3 heteroatoms. The van der Waals surface area contributed by atoms with Gasteiger partial charge in [-0.15, -0.1) is 0 Å². The third-order valence-electron chi connectivity index (χ3n) is 5.53. The lowest BCUT2D eigenvalue weighted by molar-refractivity contribution is 0.138. The van der Waals surface area contributed by atoms with Crippen LogP contribution in [-0.4, -0.2) is 11.5 Å². The normalized spacial score (nSPS) is 24.5. The summed E-state index contributed by atoms with van der Waals surface area (Å²) < 4.78 is 13.0. The van der Waals surface area contributed by atoms with Gasteiger partial charge in [-0.25, -0.2) is 4.39 Å². The highest BCUT2D eigenvalue weighted by atomic mass is 19.1. The highest BCUT2D eigenvalue weighted by Crippen LogP contribution is 2.51. The topological polar surface area (TPSA) is 24.9 Å². The van der Waals surface area contributed by atoms with Gasteiger partial charge < -0.3 is 5.32 Å². The smallest absolute Gasteiger partial charge is 0.141 e. The molecule has 0 saturated heterocycles. The molecule has 1 atom stereocenters. The molecule has 0 amide bonds. The Morgan fingerprint density at radius 3 is 2.81 bits per heavy atom. The Hall–Kier alpha value is -0.960. The maximum atomic E-state index is 13.0. The van der Waals surface area contributed by atoms with Crippen LogP contribution < -0.4 is 5.32 Å². The highest BCUT2D eigenvalue weighted by molar-refractivity contribution is 5.09. The van der Waals surface area contributed by atoms with Gasteiger partial charge in [0.15, 0.2) is 0 Å². The number of halogens is 1. The van der Waals surface area contributed by atoms with Crippen LogP contribution >= 0.6 is 0 Å². The van der Waals surface area contributed by atoms with Crippen molar-refractivity contribution in [2.24, 2.45) is 11.3 Å². The minimum absolute atomic E-state index is 0.246. The third-order valence-corrected chi connectivity index (χ3v) is 5.53. The average Bonchev–Trinajstić information content (AvgIpc) is 2.92. The minimum atomic E-state index is -0.246. The first kappa shape index (κ1) is 15.0. The Balaban J connectivity index is 1.39. The number of rotatable bonds is 5. The van der Waals surface area contributed by atoms with Gasteiger partial charge in [0, 0.05) is 12.7 Å². The Labute approximate surface area is 127 Å². The molecule has 2 nitrogen and oxygen atoms in total. The van der Waals surface area contributed by atoms with Crippen molar-refractivity contribution < 1.29 is 4.39 Å². The zero-order valence-electron chi connectivity index (χ0n) is 12.9. The van der Waals surface area contributed by atoms with E-state index in [4.69, 9.17) is 0 Å². The van der Waals surface area contributed by atoms with E-state index >= 15 is 0 Å². The van der Waals surface area contributed by atoms with E-state index in [1.165, 1.54) is 64.0 Å². The molecule has 2 saturated carbocycles. The zero-order chi connectivity index (χ0) is 14.5. The maximum Gasteiger partial charge on any atom is 0.141 e. The van der Waals surface area contributed by atoms with E-state index in [-0.39, 0.29) is 5.82 Å². The van der Waals surface area contributed by atoms with Gasteiger partial charge in [-0.3, -0.25) is 4.98 Å². The Morgan fingerprint density at radius 1 is 1.19 bits per heavy atom. The van der Waals surface area contributed by atoms with Crippen molar-refractivity contribution in [1.29, 1.82) is 0 Å². The van der Waals surface area contributed by atoms with Gasteiger partial charge in [-0.2, -0.15) is 0 Å². The summed E-state index contributed by atoms with van der Waals surface area (Å²) in [5.74, 6) is 0.653. The van der Waals surface area contributed by atoms with Crippen LogP contribution in [0.1, 0.15) is 63.4 Å². The standard InChI is InChI=1S/C18H27FN2/c19-17-10-16(13-21-14-17)12-20-9-5-15-4-3-8-18(11-15)6-1-2-7-18/h10,13-15,20H,1-9,11-12H2. The van der Waals surface area contributed by atoms with Crippen LogP contribution in [0.25, 0.3) is 0 Å². The van der Waals surface area contributed by atoms with Crippen LogP contribution in [-0.2, 0) is 6.54 Å². The van der Waals surface area contributed by atoms with Crippen molar-refractivity contribution >= 4 is 0 Å². The Kier molecular flexibility index (Phi) is 4.89. The van der Waals surface area contributed by atoms with Crippen molar-refractivity contribution in [2.75, 3.05) is 6.54 Å². The highest BCUT2D eigenvalue weighted by Gasteiger charge is 2.37. The van der Waals surface area contributed by atoms with Gasteiger partial charge in [0.05, 0.1) is 6.20 Å². The lowest BCUT2D eigenvalue weighted by Crippen LogP contribution is -2.28. The summed E-state index contributed by atoms with van der Waals surface area (Å²) in [5, 5.41) is 3.45. The van der Waals surface area contributed by atoms with Crippen molar-refractivity contribution in [2.45, 2.75) is 64.3 Å². The number of nitrogens with zero attached hydrogens (tertiary/aromatic N) is 1. The summed E-state index contributed by atoms with van der Waals surface area (Å²) >= 11 is 0. The van der Waals surface area contributed by atoms with E-state index in [0.29, 0.717) is 0 Å². The van der Waals surface area contributed by atoms with Crippen LogP contribution in [0.15, 0.2) is 18.5 Å². The summed E-state index contributed by atoms with van der Waals surface area (Å²) in [6.45, 7) is 1.76. The fourth-order valence-electron chi connectivity index (χ4n) is 4.50. The van der Waals surface area contributed by atoms with Crippen LogP contribution in [0, 0.1) is 17.2 Å². The molecular formula is C18H27FN2. The second-order valence-electron chi connectivity index (χ2n) is 7.15. The molecule has 0 aliphatic heterocycles. The number of hydrogen-bond acceptors (Lipinski definition) is 2. The van der Waals surface area contributed by atoms with E-state index in [1.807, 2.05) is 0 Å². The number of aromatic nitrogens is 1. The van der Waals surface area contributed by atoms with Crippen molar-refractivity contribution in [3.8, 4) is 0 Å². The first-order chi connectivity index (χ1) is 10.3. The van der Waals surface area contributed by atoms with Crippen LogP contribution in [0.2, 0.25) is 0 Å². The predicted molar refractivity (Wildman–Crippen MR) is 83.4 cm³/mol. The fraction of sp³-hybridized carbons (Fsp3) is 0.722. The number of nitrogens with one attached hydrogen (secondary N) is 1. The molecule has 1 spiro atoms. The molecule has 1 aromatic heterocycles. The molecule has 2 aliphatic rings. The first-order valence-corrected chi connectivity index (χ1v) is 8.56. The molecule has 2 aliphatic carbocycles. The summed E-state index contributed by atoms with van der Waals surface area (Å²) in [5.41, 5.74) is 1.65. The molecule has 21 heavy (non-hydrogen) atoms. The lowest BCUT2D eigenvalue weighted by atomic mass is 9.68. The summed E-state index contributed by atoms with van der Waals surface area (Å²) in [6.07, 6.45) is 15.9. The van der Waals surface area contributed by atoms with Gasteiger partial charge in [0.2, 0.25) is 0 Å². The number of pyridine rings is 1. The van der Waals surface area contributed by atoms with Crippen molar-refractivity contribution in [3.63, 3.8) is 0 Å². The van der Waals surface area contributed by atoms with E-state index in [9.17, 15) is 4.39 Å². The van der Waals surface area contributed by atoms with Crippen molar-refractivity contribution in [3.05, 3.63) is 29.8 Å². The van der Waals surface area contributed by atoms with Crippen LogP contribution in [0.4, 0.5) is 4.39 Å². The van der Waals surface area contributed by atoms with Crippen LogP contribution in [0.5, 0.6) is 0 Å². The van der Waals surface area contributed by atoms with Gasteiger partial charge >= 0.3 is 0 Å². The van der Waals surface area contributed by atoms with Gasteiger partial charge in [-0.1, -0.05) is 25.7 Å². The maximum absolute atomic E-state index is 13.0. The van der Waals surface area contributed by atoms with Gasteiger partial charge in [-0.05, 0) is 61.6 Å². The summed E-state index contributed by atoms with van der Waals surface area (Å²) in [6, 6.07) is 1.56. The Morgan fingerprint density at radius 2 is 2.00 bits per heavy atom. The average molecular weight is 290 g/mol. The zero-order valence-corrected chi connectivity index (χ0v) is 12.9. The minimum Gasteiger partial charge on any atom is -0.313 e. The summed E-state index contributed by atoms with van der Waals surface area (Å²) in [7, 11) is 0. The second kappa shape index (κ2) is 6.87. The Bertz CT molecular complexity index is 454. The molecule has 0 radical (unpaired) electrons. The van der Waals surface area contributed by atoms with Crippen molar-refractivity contribution in [1.82, 2.24) is 10.3 Å². The van der Waals surface area contributed by atoms with Crippen LogP contribution in [0.3, 0.4) is 0 Å². The predicted octanol–water partition coefficient (Wildman–Crippen LogP) is 4.45. The fourth-order valence-corrected chi connectivity index (χ4v) is 4.50. The molecule has 1 N–H and O–H groups in total. The molecule has 2 fully saturated rings. The summed E-state index contributed by atoms with van der Waals surface area (Å²) in [4.78, 5) is 3.89. The quantitative estimate of drug-likeness (QED) is 0.810. The lowest BCUT2D eigenvalue weighted by Gasteiger charge is -2.38. The monoisotopic (exact) mass is 290 g/mol. The molecular weight excluding hydrogens is 263 g/mol. The molecule has 1 unspecified atom stereocenters. The molecule has 1 heterocycles. The third kappa shape index (κ3) is 4.03. The van der Waals surface area contributed by atoms with Gasteiger partial charge in [0.25, 0.3) is 0 Å².